The van der Waals surface area contributed by atoms with E-state index in [9.17, 15) is 4.79 Å². The molecular weight excluding hydrogens is 184 g/mol. The Balaban J connectivity index is 3.95. The van der Waals surface area contributed by atoms with Gasteiger partial charge in [0.25, 0.3) is 0 Å². The minimum atomic E-state index is -1.18. The highest BCUT2D eigenvalue weighted by molar-refractivity contribution is 7.22. The summed E-state index contributed by atoms with van der Waals surface area (Å²) in [5, 5.41) is 0.405. The van der Waals surface area contributed by atoms with Crippen LogP contribution in [0.25, 0.3) is 0 Å². The number of rotatable bonds is 4. The van der Waals surface area contributed by atoms with E-state index in [1.807, 2.05) is 0 Å². The summed E-state index contributed by atoms with van der Waals surface area (Å²) in [5.41, 5.74) is 0. The molecule has 72 valence electrons. The average Bonchev–Trinajstić information content (AvgIpc) is 1.85. The van der Waals surface area contributed by atoms with Crippen LogP contribution >= 0.6 is 0 Å². The second kappa shape index (κ2) is 4.34. The summed E-state index contributed by atoms with van der Waals surface area (Å²) in [5.74, 6) is 0. The van der Waals surface area contributed by atoms with Crippen LogP contribution in [-0.2, 0) is 9.22 Å². The number of carbonyl (C=O) groups is 1. The quantitative estimate of drug-likeness (QED) is 0.392. The Hall–Kier alpha value is 0.0638. The highest BCUT2D eigenvalue weighted by Gasteiger charge is 2.35. The normalized spacial score (nSPS) is 14.1. The molecule has 0 aliphatic carbocycles. The Morgan fingerprint density at radius 2 is 1.92 bits per heavy atom. The molecule has 0 N–H and O–H groups in total. The van der Waals surface area contributed by atoms with Crippen molar-refractivity contribution in [2.75, 3.05) is 6.61 Å². The van der Waals surface area contributed by atoms with Crippen LogP contribution < -0.4 is 0 Å². The lowest BCUT2D eigenvalue weighted by Gasteiger charge is -2.35. The molecule has 0 aromatic heterocycles. The smallest absolute Gasteiger partial charge is 0.151 e. The highest BCUT2D eigenvalue weighted by atomic mass is 29.2. The molecule has 0 aliphatic heterocycles. The van der Waals surface area contributed by atoms with Gasteiger partial charge in [-0.3, -0.25) is 0 Å². The lowest BCUT2D eigenvalue weighted by atomic mass is 10.2. The Labute approximate surface area is 78.4 Å². The van der Waals surface area contributed by atoms with E-state index in [0.29, 0.717) is 11.6 Å². The molecule has 0 aromatic carbocycles. The van der Waals surface area contributed by atoms with Crippen molar-refractivity contribution in [2.24, 2.45) is 0 Å². The topological polar surface area (TPSA) is 26.3 Å². The van der Waals surface area contributed by atoms with E-state index in [0.717, 1.165) is 6.29 Å². The fourth-order valence-corrected chi connectivity index (χ4v) is 4.92. The van der Waals surface area contributed by atoms with Crippen LogP contribution in [0.15, 0.2) is 0 Å². The van der Waals surface area contributed by atoms with Gasteiger partial charge in [-0.05, 0) is 5.04 Å². The largest absolute Gasteiger partial charge is 0.420 e. The Morgan fingerprint density at radius 3 is 2.25 bits per heavy atom. The molecule has 0 saturated heterocycles. The fraction of sp³-hybridized carbons (Fsp3) is 0.875. The molecular formula is C8H20O2Si2. The van der Waals surface area contributed by atoms with Gasteiger partial charge in [0.15, 0.2) is 9.28 Å². The molecule has 0 aromatic rings. The van der Waals surface area contributed by atoms with Crippen LogP contribution in [-0.4, -0.2) is 29.8 Å². The van der Waals surface area contributed by atoms with Gasteiger partial charge >= 0.3 is 0 Å². The van der Waals surface area contributed by atoms with Crippen molar-refractivity contribution in [3.8, 4) is 0 Å². The molecule has 4 heteroatoms. The van der Waals surface area contributed by atoms with Crippen molar-refractivity contribution in [1.82, 2.24) is 0 Å². The zero-order valence-corrected chi connectivity index (χ0v) is 11.2. The van der Waals surface area contributed by atoms with Crippen LogP contribution in [0.5, 0.6) is 0 Å². The van der Waals surface area contributed by atoms with Gasteiger partial charge in [-0.1, -0.05) is 33.9 Å². The minimum Gasteiger partial charge on any atom is -0.420 e. The molecule has 0 unspecified atom stereocenters. The number of aldehydes is 1. The Bertz CT molecular complexity index is 150. The van der Waals surface area contributed by atoms with Crippen LogP contribution in [0, 0.1) is 0 Å². The lowest BCUT2D eigenvalue weighted by Crippen LogP contribution is -2.45. The van der Waals surface area contributed by atoms with Crippen molar-refractivity contribution in [2.45, 2.75) is 38.9 Å². The summed E-state index contributed by atoms with van der Waals surface area (Å²) in [6.07, 6.45) is 0.847. The van der Waals surface area contributed by atoms with Gasteiger partial charge in [0.2, 0.25) is 0 Å². The molecule has 0 saturated carbocycles. The summed E-state index contributed by atoms with van der Waals surface area (Å²) in [6.45, 7) is 11.8. The summed E-state index contributed by atoms with van der Waals surface area (Å²) >= 11 is 0. The van der Waals surface area contributed by atoms with Crippen LogP contribution in [0.1, 0.15) is 20.8 Å². The van der Waals surface area contributed by atoms with Gasteiger partial charge in [0.1, 0.15) is 6.29 Å². The van der Waals surface area contributed by atoms with Crippen molar-refractivity contribution in [3.05, 3.63) is 0 Å². The van der Waals surface area contributed by atoms with E-state index < -0.39 is 16.9 Å². The first-order valence-electron chi connectivity index (χ1n) is 4.32. The maximum absolute atomic E-state index is 10.1. The third kappa shape index (κ3) is 3.64. The maximum Gasteiger partial charge on any atom is 0.151 e. The van der Waals surface area contributed by atoms with Gasteiger partial charge in [-0.25, -0.2) is 0 Å². The predicted molar refractivity (Wildman–Crippen MR) is 57.8 cm³/mol. The number of hydrogen-bond acceptors (Lipinski definition) is 2. The molecule has 2 nitrogen and oxygen atoms in total. The number of carbonyl (C=O) groups excluding carboxylic acids is 1. The Kier molecular flexibility index (Phi) is 4.37. The van der Waals surface area contributed by atoms with Crippen LogP contribution in [0.2, 0.25) is 18.1 Å². The molecule has 0 atom stereocenters. The average molecular weight is 204 g/mol. The van der Waals surface area contributed by atoms with Gasteiger partial charge in [-0.15, -0.1) is 0 Å². The molecule has 0 aliphatic rings. The summed E-state index contributed by atoms with van der Waals surface area (Å²) in [4.78, 5) is 10.1. The molecule has 0 fully saturated rings. The fourth-order valence-electron chi connectivity index (χ4n) is 0.579. The van der Waals surface area contributed by atoms with E-state index in [4.69, 9.17) is 4.43 Å². The van der Waals surface area contributed by atoms with Crippen molar-refractivity contribution in [3.63, 3.8) is 0 Å². The van der Waals surface area contributed by atoms with Gasteiger partial charge in [0, 0.05) is 0 Å². The first kappa shape index (κ1) is 12.1. The molecule has 0 radical (unpaired) electrons. The predicted octanol–water partition coefficient (Wildman–Crippen LogP) is 1.29. The molecule has 12 heavy (non-hydrogen) atoms. The standard InChI is InChI=1S/C8H20O2Si2/c1-8(2,3)12(4,5)11-10-7-6-9/h6H,7,11H2,1-5H3. The monoisotopic (exact) mass is 204 g/mol. The SMILES string of the molecule is CC(C)(C)[Si](C)(C)[SiH2]OCC=O. The second-order valence-corrected chi connectivity index (χ2v) is 16.9. The van der Waals surface area contributed by atoms with Crippen molar-refractivity contribution < 1.29 is 9.22 Å². The lowest BCUT2D eigenvalue weighted by molar-refractivity contribution is -0.109. The maximum atomic E-state index is 10.1. The van der Waals surface area contributed by atoms with E-state index in [-0.39, 0.29) is 0 Å². The highest BCUT2D eigenvalue weighted by Crippen LogP contribution is 2.34. The van der Waals surface area contributed by atoms with E-state index in [2.05, 4.69) is 33.9 Å². The molecule has 0 rings (SSSR count). The molecule has 0 amide bonds. The minimum absolute atomic E-state index is 0.304. The third-order valence-electron chi connectivity index (χ3n) is 2.68. The second-order valence-electron chi connectivity index (χ2n) is 4.82. The summed E-state index contributed by atoms with van der Waals surface area (Å²) in [6, 6.07) is 0. The molecule has 0 bridgehead atoms. The third-order valence-corrected chi connectivity index (χ3v) is 13.9. The Morgan fingerprint density at radius 1 is 1.42 bits per heavy atom. The first-order valence-corrected chi connectivity index (χ1v) is 10.2. The van der Waals surface area contributed by atoms with Gasteiger partial charge in [0.05, 0.1) is 14.2 Å². The first-order chi connectivity index (χ1) is 5.31. The van der Waals surface area contributed by atoms with Crippen molar-refractivity contribution in [1.29, 1.82) is 0 Å². The van der Waals surface area contributed by atoms with Crippen LogP contribution in [0.4, 0.5) is 0 Å². The zero-order chi connectivity index (χ0) is 9.83. The van der Waals surface area contributed by atoms with Crippen LogP contribution in [0.3, 0.4) is 0 Å². The van der Waals surface area contributed by atoms with E-state index in [1.54, 1.807) is 0 Å². The molecule has 0 spiro atoms. The van der Waals surface area contributed by atoms with E-state index in [1.165, 1.54) is 0 Å². The van der Waals surface area contributed by atoms with E-state index >= 15 is 0 Å². The van der Waals surface area contributed by atoms with Crippen molar-refractivity contribution >= 4 is 23.2 Å². The molecule has 0 heterocycles. The summed E-state index contributed by atoms with van der Waals surface area (Å²) < 4.78 is 5.41. The number of hydrogen-bond donors (Lipinski definition) is 0. The van der Waals surface area contributed by atoms with Gasteiger partial charge < -0.3 is 9.22 Å². The summed E-state index contributed by atoms with van der Waals surface area (Å²) in [7, 11) is -1.65. The van der Waals surface area contributed by atoms with Gasteiger partial charge in [-0.2, -0.15) is 0 Å². The zero-order valence-electron chi connectivity index (χ0n) is 8.81.